The average Bonchev–Trinajstić information content (AvgIpc) is 2.77. The van der Waals surface area contributed by atoms with Crippen LogP contribution in [0.4, 0.5) is 5.69 Å². The van der Waals surface area contributed by atoms with E-state index in [1.165, 1.54) is 5.69 Å². The first-order chi connectivity index (χ1) is 8.61. The summed E-state index contributed by atoms with van der Waals surface area (Å²) in [6.07, 6.45) is 1.60. The number of benzene rings is 1. The van der Waals surface area contributed by atoms with Crippen LogP contribution in [-0.2, 0) is 0 Å². The zero-order chi connectivity index (χ0) is 13.1. The van der Waals surface area contributed by atoms with Crippen molar-refractivity contribution in [1.82, 2.24) is 0 Å². The van der Waals surface area contributed by atoms with E-state index >= 15 is 0 Å². The second-order valence-corrected chi connectivity index (χ2v) is 5.85. The van der Waals surface area contributed by atoms with Gasteiger partial charge >= 0.3 is 0 Å². The molecule has 1 aliphatic heterocycles. The Balaban J connectivity index is 2.10. The van der Waals surface area contributed by atoms with Gasteiger partial charge in [0, 0.05) is 24.2 Å². The molecule has 2 rings (SSSR count). The van der Waals surface area contributed by atoms with Gasteiger partial charge in [-0.2, -0.15) is 0 Å². The van der Waals surface area contributed by atoms with Gasteiger partial charge in [0.1, 0.15) is 0 Å². The van der Waals surface area contributed by atoms with Crippen molar-refractivity contribution in [3.05, 3.63) is 28.2 Å². The lowest BCUT2D eigenvalue weighted by atomic mass is 10.1. The van der Waals surface area contributed by atoms with Gasteiger partial charge in [0.05, 0.1) is 11.8 Å². The average molecular weight is 314 g/mol. The highest BCUT2D eigenvalue weighted by molar-refractivity contribution is 9.10. The Kier molecular flexibility index (Phi) is 4.65. The minimum atomic E-state index is -0.434. The molecule has 0 amide bonds. The molecule has 0 spiro atoms. The molecule has 0 aliphatic carbocycles. The van der Waals surface area contributed by atoms with Crippen LogP contribution in [-0.4, -0.2) is 29.9 Å². The highest BCUT2D eigenvalue weighted by Gasteiger charge is 2.23. The summed E-state index contributed by atoms with van der Waals surface area (Å²) < 4.78 is 1.03. The SMILES string of the molecule is C[C@H](O)c1ccc(N2CCC(CCO)C2)c(Br)c1. The fourth-order valence-electron chi connectivity index (χ4n) is 2.51. The van der Waals surface area contributed by atoms with Crippen LogP contribution in [0.15, 0.2) is 22.7 Å². The van der Waals surface area contributed by atoms with Crippen LogP contribution in [0.25, 0.3) is 0 Å². The van der Waals surface area contributed by atoms with Crippen LogP contribution in [0.3, 0.4) is 0 Å². The third-order valence-electron chi connectivity index (χ3n) is 3.62. The fourth-order valence-corrected chi connectivity index (χ4v) is 3.16. The van der Waals surface area contributed by atoms with E-state index in [0.717, 1.165) is 36.0 Å². The lowest BCUT2D eigenvalue weighted by molar-refractivity contribution is 0.199. The van der Waals surface area contributed by atoms with E-state index < -0.39 is 6.10 Å². The van der Waals surface area contributed by atoms with Gasteiger partial charge in [-0.05, 0) is 59.3 Å². The van der Waals surface area contributed by atoms with Crippen molar-refractivity contribution in [2.75, 3.05) is 24.6 Å². The standard InChI is InChI=1S/C14H20BrNO2/c1-10(18)12-2-3-14(13(15)8-12)16-6-4-11(9-16)5-7-17/h2-3,8,10-11,17-18H,4-7,9H2,1H3/t10-,11?/m0/s1. The Morgan fingerprint density at radius 2 is 2.28 bits per heavy atom. The summed E-state index contributed by atoms with van der Waals surface area (Å²) >= 11 is 3.58. The summed E-state index contributed by atoms with van der Waals surface area (Å²) in [6, 6.07) is 6.02. The molecule has 100 valence electrons. The lowest BCUT2D eigenvalue weighted by Gasteiger charge is -2.21. The Morgan fingerprint density at radius 1 is 1.50 bits per heavy atom. The van der Waals surface area contributed by atoms with Gasteiger partial charge in [0.2, 0.25) is 0 Å². The number of hydrogen-bond donors (Lipinski definition) is 2. The number of halogens is 1. The molecule has 1 unspecified atom stereocenters. The third-order valence-corrected chi connectivity index (χ3v) is 4.25. The van der Waals surface area contributed by atoms with Crippen LogP contribution in [0.2, 0.25) is 0 Å². The fraction of sp³-hybridized carbons (Fsp3) is 0.571. The summed E-state index contributed by atoms with van der Waals surface area (Å²) in [6.45, 7) is 4.10. The molecule has 2 N–H and O–H groups in total. The zero-order valence-corrected chi connectivity index (χ0v) is 12.2. The van der Waals surface area contributed by atoms with Crippen LogP contribution >= 0.6 is 15.9 Å². The number of aliphatic hydroxyl groups is 2. The molecule has 1 heterocycles. The number of anilines is 1. The predicted octanol–water partition coefficient (Wildman–Crippen LogP) is 2.71. The predicted molar refractivity (Wildman–Crippen MR) is 76.8 cm³/mol. The normalized spacial score (nSPS) is 21.3. The van der Waals surface area contributed by atoms with Crippen molar-refractivity contribution in [2.24, 2.45) is 5.92 Å². The molecule has 1 aromatic carbocycles. The van der Waals surface area contributed by atoms with Crippen molar-refractivity contribution in [1.29, 1.82) is 0 Å². The second kappa shape index (κ2) is 6.04. The molecule has 1 fully saturated rings. The highest BCUT2D eigenvalue weighted by atomic mass is 79.9. The number of rotatable bonds is 4. The van der Waals surface area contributed by atoms with Gasteiger partial charge in [-0.25, -0.2) is 0 Å². The van der Waals surface area contributed by atoms with Gasteiger partial charge in [-0.1, -0.05) is 6.07 Å². The van der Waals surface area contributed by atoms with Crippen molar-refractivity contribution in [2.45, 2.75) is 25.9 Å². The van der Waals surface area contributed by atoms with E-state index in [1.807, 2.05) is 12.1 Å². The first kappa shape index (κ1) is 13.8. The summed E-state index contributed by atoms with van der Waals surface area (Å²) in [7, 11) is 0. The maximum absolute atomic E-state index is 9.55. The van der Waals surface area contributed by atoms with E-state index in [-0.39, 0.29) is 6.61 Å². The molecular weight excluding hydrogens is 294 g/mol. The molecule has 2 atom stereocenters. The minimum Gasteiger partial charge on any atom is -0.396 e. The molecule has 0 radical (unpaired) electrons. The number of hydrogen-bond acceptors (Lipinski definition) is 3. The van der Waals surface area contributed by atoms with E-state index in [9.17, 15) is 5.11 Å². The third kappa shape index (κ3) is 3.05. The zero-order valence-electron chi connectivity index (χ0n) is 10.6. The topological polar surface area (TPSA) is 43.7 Å². The maximum Gasteiger partial charge on any atom is 0.0762 e. The summed E-state index contributed by atoms with van der Waals surface area (Å²) in [5.41, 5.74) is 2.11. The molecule has 1 aromatic rings. The van der Waals surface area contributed by atoms with Gasteiger partial charge in [-0.15, -0.1) is 0 Å². The van der Waals surface area contributed by atoms with Crippen LogP contribution in [0.5, 0.6) is 0 Å². The largest absolute Gasteiger partial charge is 0.396 e. The Bertz CT molecular complexity index is 409. The molecule has 1 saturated heterocycles. The Hall–Kier alpha value is -0.580. The Morgan fingerprint density at radius 3 is 2.89 bits per heavy atom. The minimum absolute atomic E-state index is 0.278. The van der Waals surface area contributed by atoms with Gasteiger partial charge in [0.15, 0.2) is 0 Å². The number of nitrogens with zero attached hydrogens (tertiary/aromatic N) is 1. The van der Waals surface area contributed by atoms with Crippen molar-refractivity contribution in [3.63, 3.8) is 0 Å². The molecule has 1 aliphatic rings. The monoisotopic (exact) mass is 313 g/mol. The summed E-state index contributed by atoms with van der Waals surface area (Å²) in [5, 5.41) is 18.5. The number of aliphatic hydroxyl groups excluding tert-OH is 2. The van der Waals surface area contributed by atoms with Crippen LogP contribution < -0.4 is 4.90 Å². The smallest absolute Gasteiger partial charge is 0.0762 e. The van der Waals surface area contributed by atoms with E-state index in [4.69, 9.17) is 5.11 Å². The quantitative estimate of drug-likeness (QED) is 0.898. The van der Waals surface area contributed by atoms with E-state index in [2.05, 4.69) is 26.9 Å². The van der Waals surface area contributed by atoms with E-state index in [1.54, 1.807) is 6.92 Å². The molecule has 0 saturated carbocycles. The van der Waals surface area contributed by atoms with Crippen LogP contribution in [0.1, 0.15) is 31.4 Å². The van der Waals surface area contributed by atoms with E-state index in [0.29, 0.717) is 5.92 Å². The first-order valence-corrected chi connectivity index (χ1v) is 7.24. The molecule has 0 aromatic heterocycles. The van der Waals surface area contributed by atoms with Gasteiger partial charge in [-0.3, -0.25) is 0 Å². The first-order valence-electron chi connectivity index (χ1n) is 6.45. The van der Waals surface area contributed by atoms with Crippen molar-refractivity contribution in [3.8, 4) is 0 Å². The molecule has 18 heavy (non-hydrogen) atoms. The van der Waals surface area contributed by atoms with Gasteiger partial charge < -0.3 is 15.1 Å². The van der Waals surface area contributed by atoms with Crippen molar-refractivity contribution < 1.29 is 10.2 Å². The molecular formula is C14H20BrNO2. The van der Waals surface area contributed by atoms with Crippen LogP contribution in [0, 0.1) is 5.92 Å². The van der Waals surface area contributed by atoms with Crippen molar-refractivity contribution >= 4 is 21.6 Å². The molecule has 4 heteroatoms. The Labute approximate surface area is 117 Å². The lowest BCUT2D eigenvalue weighted by Crippen LogP contribution is -2.20. The molecule has 3 nitrogen and oxygen atoms in total. The maximum atomic E-state index is 9.55. The summed E-state index contributed by atoms with van der Waals surface area (Å²) in [4.78, 5) is 2.34. The highest BCUT2D eigenvalue weighted by Crippen LogP contribution is 2.33. The molecule has 0 bridgehead atoms. The summed E-state index contributed by atoms with van der Waals surface area (Å²) in [5.74, 6) is 0.596. The van der Waals surface area contributed by atoms with Gasteiger partial charge in [0.25, 0.3) is 0 Å². The second-order valence-electron chi connectivity index (χ2n) is 5.00.